The fourth-order valence-corrected chi connectivity index (χ4v) is 7.04. The molecule has 1 atom stereocenters. The average molecular weight is 432 g/mol. The number of amides is 1. The van der Waals surface area contributed by atoms with Crippen LogP contribution in [-0.2, 0) is 0 Å². The largest absolute Gasteiger partial charge is 0.346 e. The molecule has 2 aromatic heterocycles. The van der Waals surface area contributed by atoms with E-state index in [9.17, 15) is 4.79 Å². The van der Waals surface area contributed by atoms with Gasteiger partial charge in [-0.15, -0.1) is 35.1 Å². The first-order valence-electron chi connectivity index (χ1n) is 9.73. The van der Waals surface area contributed by atoms with E-state index in [1.54, 1.807) is 22.7 Å². The lowest BCUT2D eigenvalue weighted by atomic mass is 9.77. The van der Waals surface area contributed by atoms with Gasteiger partial charge in [-0.1, -0.05) is 18.2 Å². The maximum atomic E-state index is 13.1. The number of fused-ring (bicyclic) bond motifs is 3. The Hall–Kier alpha value is -1.47. The molecular formula is C21H22ClN3OS2. The molecule has 4 aliphatic rings. The number of carbonyl (C=O) groups is 1. The van der Waals surface area contributed by atoms with E-state index in [-0.39, 0.29) is 23.9 Å². The minimum absolute atomic E-state index is 0. The second kappa shape index (κ2) is 6.80. The molecule has 3 aliphatic heterocycles. The van der Waals surface area contributed by atoms with Crippen molar-refractivity contribution in [2.45, 2.75) is 37.3 Å². The Bertz CT molecular complexity index is 1020. The van der Waals surface area contributed by atoms with Crippen LogP contribution in [0.25, 0.3) is 20.7 Å². The zero-order valence-electron chi connectivity index (χ0n) is 15.4. The summed E-state index contributed by atoms with van der Waals surface area (Å²) in [5, 5.41) is 7.60. The normalized spacial score (nSPS) is 26.9. The smallest absolute Gasteiger partial charge is 0.261 e. The molecule has 1 aromatic carbocycles. The number of piperidine rings is 3. The van der Waals surface area contributed by atoms with Crippen molar-refractivity contribution in [1.82, 2.24) is 15.2 Å². The number of carbonyl (C=O) groups excluding carboxylic acids is 1. The molecule has 7 heteroatoms. The molecule has 4 nitrogen and oxygen atoms in total. The lowest BCUT2D eigenvalue weighted by molar-refractivity contribution is -0.00138. The summed E-state index contributed by atoms with van der Waals surface area (Å²) in [5.41, 5.74) is 1.41. The molecule has 3 aromatic rings. The number of halogens is 1. The van der Waals surface area contributed by atoms with Gasteiger partial charge in [0.05, 0.1) is 10.9 Å². The van der Waals surface area contributed by atoms with Crippen LogP contribution in [0, 0.1) is 5.92 Å². The van der Waals surface area contributed by atoms with E-state index in [0.29, 0.717) is 12.0 Å². The first-order valence-corrected chi connectivity index (χ1v) is 11.4. The first kappa shape index (κ1) is 18.6. The van der Waals surface area contributed by atoms with E-state index >= 15 is 0 Å². The van der Waals surface area contributed by atoms with Gasteiger partial charge in [-0.2, -0.15) is 0 Å². The van der Waals surface area contributed by atoms with E-state index < -0.39 is 0 Å². The molecule has 146 valence electrons. The molecule has 1 amide bonds. The summed E-state index contributed by atoms with van der Waals surface area (Å²) < 4.78 is 1.16. The summed E-state index contributed by atoms with van der Waals surface area (Å²) in [6.45, 7) is 2.44. The highest BCUT2D eigenvalue weighted by Gasteiger charge is 2.60. The Morgan fingerprint density at radius 2 is 2.07 bits per heavy atom. The van der Waals surface area contributed by atoms with Gasteiger partial charge in [0.15, 0.2) is 0 Å². The molecule has 1 N–H and O–H groups in total. The third-order valence-electron chi connectivity index (χ3n) is 6.70. The Labute approximate surface area is 178 Å². The summed E-state index contributed by atoms with van der Waals surface area (Å²) >= 11 is 3.24. The van der Waals surface area contributed by atoms with Crippen molar-refractivity contribution >= 4 is 51.1 Å². The van der Waals surface area contributed by atoms with Crippen LogP contribution in [0.5, 0.6) is 0 Å². The van der Waals surface area contributed by atoms with Crippen molar-refractivity contribution in [2.75, 3.05) is 13.1 Å². The van der Waals surface area contributed by atoms with Crippen LogP contribution < -0.4 is 5.32 Å². The van der Waals surface area contributed by atoms with Gasteiger partial charge in [0.1, 0.15) is 5.01 Å². The van der Waals surface area contributed by atoms with E-state index in [1.165, 1.54) is 38.8 Å². The SMILES string of the molecule is Cl.O=C(N[C@@H]1C2CCN(CC2)C12CC2)c1cc2cccc(-c3nccs3)c2s1. The minimum atomic E-state index is 0. The molecule has 7 rings (SSSR count). The Morgan fingerprint density at radius 3 is 2.79 bits per heavy atom. The highest BCUT2D eigenvalue weighted by molar-refractivity contribution is 7.22. The lowest BCUT2D eigenvalue weighted by Crippen LogP contribution is -2.65. The van der Waals surface area contributed by atoms with E-state index in [4.69, 9.17) is 0 Å². The highest BCUT2D eigenvalue weighted by atomic mass is 35.5. The van der Waals surface area contributed by atoms with Crippen molar-refractivity contribution in [1.29, 1.82) is 0 Å². The Morgan fingerprint density at radius 1 is 1.25 bits per heavy atom. The highest BCUT2D eigenvalue weighted by Crippen LogP contribution is 2.53. The van der Waals surface area contributed by atoms with E-state index in [1.807, 2.05) is 17.6 Å². The molecule has 1 saturated carbocycles. The van der Waals surface area contributed by atoms with Crippen LogP contribution in [0.1, 0.15) is 35.4 Å². The number of nitrogens with one attached hydrogen (secondary N) is 1. The van der Waals surface area contributed by atoms with E-state index in [2.05, 4.69) is 33.4 Å². The molecule has 2 bridgehead atoms. The zero-order valence-corrected chi connectivity index (χ0v) is 17.8. The molecule has 1 aliphatic carbocycles. The quantitative estimate of drug-likeness (QED) is 0.647. The lowest BCUT2D eigenvalue weighted by Gasteiger charge is -2.52. The molecule has 0 radical (unpaired) electrons. The maximum Gasteiger partial charge on any atom is 0.261 e. The summed E-state index contributed by atoms with van der Waals surface area (Å²) in [4.78, 5) is 21.1. The number of hydrogen-bond acceptors (Lipinski definition) is 5. The average Bonchev–Trinajstić information content (AvgIpc) is 3.11. The second-order valence-electron chi connectivity index (χ2n) is 8.05. The maximum absolute atomic E-state index is 13.1. The number of thiophene rings is 1. The summed E-state index contributed by atoms with van der Waals surface area (Å²) in [7, 11) is 0. The van der Waals surface area contributed by atoms with Crippen LogP contribution in [0.2, 0.25) is 0 Å². The molecular weight excluding hydrogens is 410 g/mol. The van der Waals surface area contributed by atoms with E-state index in [0.717, 1.165) is 25.5 Å². The van der Waals surface area contributed by atoms with Gasteiger partial charge < -0.3 is 5.32 Å². The number of aromatic nitrogens is 1. The van der Waals surface area contributed by atoms with Crippen molar-refractivity contribution in [3.8, 4) is 10.6 Å². The van der Waals surface area contributed by atoms with Gasteiger partial charge >= 0.3 is 0 Å². The van der Waals surface area contributed by atoms with Crippen molar-refractivity contribution in [2.24, 2.45) is 5.92 Å². The van der Waals surface area contributed by atoms with Crippen molar-refractivity contribution in [3.05, 3.63) is 40.7 Å². The Balaban J connectivity index is 0.00000171. The minimum Gasteiger partial charge on any atom is -0.346 e. The van der Waals surface area contributed by atoms with Gasteiger partial charge in [0.2, 0.25) is 0 Å². The van der Waals surface area contributed by atoms with Crippen LogP contribution >= 0.6 is 35.1 Å². The monoisotopic (exact) mass is 431 g/mol. The first-order chi connectivity index (χ1) is 13.2. The fourth-order valence-electron chi connectivity index (χ4n) is 5.23. The zero-order chi connectivity index (χ0) is 18.0. The standard InChI is InChI=1S/C21H21N3OS2.ClH/c25-19(23-18-13-4-9-24(10-5-13)21(18)6-7-21)16-12-14-2-1-3-15(17(14)27-16)20-22-8-11-26-20;/h1-3,8,11-13,18H,4-7,9-10H2,(H,23,25);1H/t18-;/m1./s1. The molecule has 5 heterocycles. The topological polar surface area (TPSA) is 45.2 Å². The summed E-state index contributed by atoms with van der Waals surface area (Å²) in [6, 6.07) is 8.63. The predicted molar refractivity (Wildman–Crippen MR) is 118 cm³/mol. The number of nitrogens with zero attached hydrogens (tertiary/aromatic N) is 2. The molecule has 4 fully saturated rings. The van der Waals surface area contributed by atoms with Gasteiger partial charge in [-0.05, 0) is 56.1 Å². The van der Waals surface area contributed by atoms with Crippen LogP contribution in [-0.4, -0.2) is 40.5 Å². The number of rotatable bonds is 3. The summed E-state index contributed by atoms with van der Waals surface area (Å²) in [6.07, 6.45) is 6.79. The van der Waals surface area contributed by atoms with Gasteiger partial charge in [-0.3, -0.25) is 9.69 Å². The van der Waals surface area contributed by atoms with Gasteiger partial charge in [-0.25, -0.2) is 4.98 Å². The number of benzene rings is 1. The second-order valence-corrected chi connectivity index (χ2v) is 10.00. The van der Waals surface area contributed by atoms with Gasteiger partial charge in [0.25, 0.3) is 5.91 Å². The molecule has 28 heavy (non-hydrogen) atoms. The molecule has 0 unspecified atom stereocenters. The van der Waals surface area contributed by atoms with Crippen molar-refractivity contribution in [3.63, 3.8) is 0 Å². The van der Waals surface area contributed by atoms with Crippen LogP contribution in [0.4, 0.5) is 0 Å². The number of thiazole rings is 1. The number of hydrogen-bond donors (Lipinski definition) is 1. The Kier molecular flexibility index (Phi) is 4.51. The van der Waals surface area contributed by atoms with Gasteiger partial charge in [0, 0.05) is 27.4 Å². The van der Waals surface area contributed by atoms with Crippen LogP contribution in [0.3, 0.4) is 0 Å². The van der Waals surface area contributed by atoms with Crippen LogP contribution in [0.15, 0.2) is 35.8 Å². The molecule has 3 saturated heterocycles. The third kappa shape index (κ3) is 2.73. The molecule has 1 spiro atoms. The fraction of sp³-hybridized carbons (Fsp3) is 0.429. The third-order valence-corrected chi connectivity index (χ3v) is 8.69. The predicted octanol–water partition coefficient (Wildman–Crippen LogP) is 4.80. The van der Waals surface area contributed by atoms with Crippen molar-refractivity contribution < 1.29 is 4.79 Å². The summed E-state index contributed by atoms with van der Waals surface area (Å²) in [5.74, 6) is 0.757.